The van der Waals surface area contributed by atoms with Crippen molar-refractivity contribution in [2.45, 2.75) is 0 Å². The molecule has 2 N–H and O–H groups in total. The van der Waals surface area contributed by atoms with Gasteiger partial charge in [0.05, 0.1) is 5.69 Å². The first kappa shape index (κ1) is 8.97. The number of halogens is 1. The van der Waals surface area contributed by atoms with Gasteiger partial charge in [0, 0.05) is 11.6 Å². The molecule has 1 heterocycles. The van der Waals surface area contributed by atoms with Crippen LogP contribution in [0.3, 0.4) is 0 Å². The van der Waals surface area contributed by atoms with E-state index in [9.17, 15) is 0 Å². The van der Waals surface area contributed by atoms with Gasteiger partial charge in [-0.2, -0.15) is 0 Å². The van der Waals surface area contributed by atoms with E-state index in [2.05, 4.69) is 10.2 Å². The number of aromatic nitrogens is 2. The predicted molar refractivity (Wildman–Crippen MR) is 56.9 cm³/mol. The van der Waals surface area contributed by atoms with Crippen LogP contribution in [0.5, 0.6) is 0 Å². The standard InChI is InChI=1S/C10H8ClN3/c11-9-6-8(12)10(14-13-9)7-4-2-1-3-5-7/h1-6H,(H2,12,13). The van der Waals surface area contributed by atoms with Crippen LogP contribution in [0, 0.1) is 0 Å². The van der Waals surface area contributed by atoms with Gasteiger partial charge in [-0.15, -0.1) is 10.2 Å². The Morgan fingerprint density at radius 3 is 2.43 bits per heavy atom. The molecule has 0 aliphatic carbocycles. The van der Waals surface area contributed by atoms with Crippen LogP contribution < -0.4 is 5.73 Å². The molecule has 4 heteroatoms. The highest BCUT2D eigenvalue weighted by Gasteiger charge is 2.04. The van der Waals surface area contributed by atoms with Gasteiger partial charge in [0.15, 0.2) is 5.15 Å². The highest BCUT2D eigenvalue weighted by atomic mass is 35.5. The molecular weight excluding hydrogens is 198 g/mol. The number of nitrogens with zero attached hydrogens (tertiary/aromatic N) is 2. The molecule has 2 aromatic rings. The minimum Gasteiger partial charge on any atom is -0.397 e. The monoisotopic (exact) mass is 205 g/mol. The Morgan fingerprint density at radius 1 is 1.07 bits per heavy atom. The predicted octanol–water partition coefficient (Wildman–Crippen LogP) is 2.38. The zero-order chi connectivity index (χ0) is 9.97. The number of rotatable bonds is 1. The molecule has 1 aromatic heterocycles. The fourth-order valence-electron chi connectivity index (χ4n) is 1.20. The Labute approximate surface area is 86.5 Å². The molecule has 0 spiro atoms. The normalized spacial score (nSPS) is 10.1. The van der Waals surface area contributed by atoms with Gasteiger partial charge in [-0.1, -0.05) is 41.9 Å². The van der Waals surface area contributed by atoms with Crippen LogP contribution in [-0.4, -0.2) is 10.2 Å². The van der Waals surface area contributed by atoms with E-state index in [0.29, 0.717) is 16.5 Å². The van der Waals surface area contributed by atoms with Gasteiger partial charge in [0.25, 0.3) is 0 Å². The number of nitrogen functional groups attached to an aromatic ring is 1. The number of hydrogen-bond acceptors (Lipinski definition) is 3. The minimum atomic E-state index is 0.308. The van der Waals surface area contributed by atoms with Crippen molar-refractivity contribution in [1.82, 2.24) is 10.2 Å². The third-order valence-electron chi connectivity index (χ3n) is 1.84. The molecule has 0 aliphatic heterocycles. The molecular formula is C10H8ClN3. The Hall–Kier alpha value is -1.61. The van der Waals surface area contributed by atoms with Gasteiger partial charge < -0.3 is 5.73 Å². The van der Waals surface area contributed by atoms with E-state index in [-0.39, 0.29) is 0 Å². The Balaban J connectivity index is 2.53. The molecule has 70 valence electrons. The second-order valence-electron chi connectivity index (χ2n) is 2.84. The summed E-state index contributed by atoms with van der Waals surface area (Å²) >= 11 is 5.65. The highest BCUT2D eigenvalue weighted by molar-refractivity contribution is 6.29. The van der Waals surface area contributed by atoms with Crippen LogP contribution >= 0.6 is 11.6 Å². The van der Waals surface area contributed by atoms with E-state index in [1.807, 2.05) is 30.3 Å². The zero-order valence-electron chi connectivity index (χ0n) is 7.31. The summed E-state index contributed by atoms with van der Waals surface area (Å²) in [6, 6.07) is 11.2. The first-order chi connectivity index (χ1) is 6.77. The molecule has 2 rings (SSSR count). The number of anilines is 1. The molecule has 3 nitrogen and oxygen atoms in total. The van der Waals surface area contributed by atoms with Gasteiger partial charge in [-0.3, -0.25) is 0 Å². The lowest BCUT2D eigenvalue weighted by Gasteiger charge is -2.02. The first-order valence-corrected chi connectivity index (χ1v) is 4.49. The summed E-state index contributed by atoms with van der Waals surface area (Å²) in [5, 5.41) is 8.00. The average Bonchev–Trinajstić information content (AvgIpc) is 2.19. The van der Waals surface area contributed by atoms with Gasteiger partial charge in [0.1, 0.15) is 5.69 Å². The maximum atomic E-state index is 5.77. The SMILES string of the molecule is Nc1cc(Cl)nnc1-c1ccccc1. The van der Waals surface area contributed by atoms with Crippen molar-refractivity contribution in [2.75, 3.05) is 5.73 Å². The Morgan fingerprint density at radius 2 is 1.79 bits per heavy atom. The van der Waals surface area contributed by atoms with E-state index in [1.54, 1.807) is 6.07 Å². The minimum absolute atomic E-state index is 0.308. The molecule has 0 atom stereocenters. The van der Waals surface area contributed by atoms with E-state index in [0.717, 1.165) is 5.56 Å². The summed E-state index contributed by atoms with van der Waals surface area (Å²) in [6.45, 7) is 0. The molecule has 0 radical (unpaired) electrons. The zero-order valence-corrected chi connectivity index (χ0v) is 8.07. The molecule has 0 bridgehead atoms. The quantitative estimate of drug-likeness (QED) is 0.778. The summed E-state index contributed by atoms with van der Waals surface area (Å²) < 4.78 is 0. The van der Waals surface area contributed by atoms with Crippen LogP contribution in [0.2, 0.25) is 5.15 Å². The smallest absolute Gasteiger partial charge is 0.153 e. The number of hydrogen-bond donors (Lipinski definition) is 1. The molecule has 0 saturated heterocycles. The van der Waals surface area contributed by atoms with E-state index < -0.39 is 0 Å². The maximum Gasteiger partial charge on any atom is 0.153 e. The van der Waals surface area contributed by atoms with Crippen LogP contribution in [-0.2, 0) is 0 Å². The Bertz CT molecular complexity index is 442. The summed E-state index contributed by atoms with van der Waals surface area (Å²) in [6.07, 6.45) is 0. The second kappa shape index (κ2) is 3.64. The Kier molecular flexibility index (Phi) is 2.33. The van der Waals surface area contributed by atoms with Gasteiger partial charge >= 0.3 is 0 Å². The highest BCUT2D eigenvalue weighted by Crippen LogP contribution is 2.23. The van der Waals surface area contributed by atoms with Gasteiger partial charge in [-0.05, 0) is 0 Å². The number of benzene rings is 1. The van der Waals surface area contributed by atoms with Gasteiger partial charge in [0.2, 0.25) is 0 Å². The van der Waals surface area contributed by atoms with Crippen molar-refractivity contribution in [3.8, 4) is 11.3 Å². The summed E-state index contributed by atoms with van der Waals surface area (Å²) in [5.41, 5.74) is 7.91. The van der Waals surface area contributed by atoms with E-state index >= 15 is 0 Å². The van der Waals surface area contributed by atoms with Crippen LogP contribution in [0.1, 0.15) is 0 Å². The molecule has 1 aromatic carbocycles. The fraction of sp³-hybridized carbons (Fsp3) is 0. The fourth-order valence-corrected chi connectivity index (χ4v) is 1.36. The van der Waals surface area contributed by atoms with Crippen molar-refractivity contribution in [1.29, 1.82) is 0 Å². The number of nitrogens with two attached hydrogens (primary N) is 1. The molecule has 0 fully saturated rings. The lowest BCUT2D eigenvalue weighted by molar-refractivity contribution is 1.04. The molecule has 0 saturated carbocycles. The van der Waals surface area contributed by atoms with Crippen molar-refractivity contribution in [2.24, 2.45) is 0 Å². The average molecular weight is 206 g/mol. The maximum absolute atomic E-state index is 5.77. The van der Waals surface area contributed by atoms with Crippen molar-refractivity contribution < 1.29 is 0 Å². The lowest BCUT2D eigenvalue weighted by Crippen LogP contribution is -1.95. The largest absolute Gasteiger partial charge is 0.397 e. The summed E-state index contributed by atoms with van der Waals surface area (Å²) in [5.74, 6) is 0. The topological polar surface area (TPSA) is 51.8 Å². The molecule has 0 aliphatic rings. The van der Waals surface area contributed by atoms with E-state index in [1.165, 1.54) is 0 Å². The van der Waals surface area contributed by atoms with Crippen molar-refractivity contribution in [3.05, 3.63) is 41.6 Å². The third kappa shape index (κ3) is 1.67. The summed E-state index contributed by atoms with van der Waals surface area (Å²) in [7, 11) is 0. The molecule has 0 unspecified atom stereocenters. The first-order valence-electron chi connectivity index (χ1n) is 4.11. The van der Waals surface area contributed by atoms with E-state index in [4.69, 9.17) is 17.3 Å². The second-order valence-corrected chi connectivity index (χ2v) is 3.22. The molecule has 0 amide bonds. The van der Waals surface area contributed by atoms with Crippen LogP contribution in [0.15, 0.2) is 36.4 Å². The third-order valence-corrected chi connectivity index (χ3v) is 2.03. The summed E-state index contributed by atoms with van der Waals surface area (Å²) in [4.78, 5) is 0. The lowest BCUT2D eigenvalue weighted by atomic mass is 10.1. The van der Waals surface area contributed by atoms with Crippen molar-refractivity contribution >= 4 is 17.3 Å². The van der Waals surface area contributed by atoms with Crippen LogP contribution in [0.4, 0.5) is 5.69 Å². The molecule has 14 heavy (non-hydrogen) atoms. The van der Waals surface area contributed by atoms with Gasteiger partial charge in [-0.25, -0.2) is 0 Å². The van der Waals surface area contributed by atoms with Crippen LogP contribution in [0.25, 0.3) is 11.3 Å². The van der Waals surface area contributed by atoms with Crippen molar-refractivity contribution in [3.63, 3.8) is 0 Å².